The van der Waals surface area contributed by atoms with Gasteiger partial charge in [0.05, 0.1) is 0 Å². The van der Waals surface area contributed by atoms with Crippen LogP contribution in [0.3, 0.4) is 0 Å². The molecule has 0 atom stereocenters. The molecule has 0 saturated carbocycles. The summed E-state index contributed by atoms with van der Waals surface area (Å²) in [5.74, 6) is 0. The van der Waals surface area contributed by atoms with Crippen LogP contribution in [0.15, 0.2) is 44.4 Å². The Bertz CT molecular complexity index is 597. The van der Waals surface area contributed by atoms with Crippen molar-refractivity contribution in [2.75, 3.05) is 0 Å². The van der Waals surface area contributed by atoms with Gasteiger partial charge >= 0.3 is 0 Å². The molecule has 3 nitrogen and oxygen atoms in total. The second-order valence-corrected chi connectivity index (χ2v) is 5.72. The summed E-state index contributed by atoms with van der Waals surface area (Å²) in [6.07, 6.45) is 6.26. The van der Waals surface area contributed by atoms with Gasteiger partial charge in [-0.15, -0.1) is 0 Å². The molecule has 0 fully saturated rings. The molecule has 1 aliphatic rings. The first-order valence-electron chi connectivity index (χ1n) is 6.57. The normalized spacial score (nSPS) is 16.6. The van der Waals surface area contributed by atoms with Crippen molar-refractivity contribution < 1.29 is 9.21 Å². The summed E-state index contributed by atoms with van der Waals surface area (Å²) in [7, 11) is 0. The second-order valence-electron chi connectivity index (χ2n) is 4.68. The molecule has 1 heterocycles. The van der Waals surface area contributed by atoms with E-state index in [2.05, 4.69) is 4.98 Å². The van der Waals surface area contributed by atoms with Crippen molar-refractivity contribution in [3.05, 3.63) is 34.7 Å². The van der Waals surface area contributed by atoms with Gasteiger partial charge in [0.15, 0.2) is 5.58 Å². The van der Waals surface area contributed by atoms with Crippen molar-refractivity contribution in [2.24, 2.45) is 0 Å². The number of hydrogen-bond donors (Lipinski definition) is 0. The second kappa shape index (κ2) is 5.61. The lowest BCUT2D eigenvalue weighted by Gasteiger charge is -2.04. The molecule has 4 heteroatoms. The molecule has 19 heavy (non-hydrogen) atoms. The maximum atomic E-state index is 11.2. The van der Waals surface area contributed by atoms with Crippen molar-refractivity contribution >= 4 is 29.1 Å². The van der Waals surface area contributed by atoms with Crippen molar-refractivity contribution in [3.8, 4) is 0 Å². The number of carbonyl (C=O) groups is 1. The van der Waals surface area contributed by atoms with Crippen LogP contribution in [0, 0.1) is 0 Å². The number of benzene rings is 1. The van der Waals surface area contributed by atoms with E-state index >= 15 is 0 Å². The zero-order chi connectivity index (χ0) is 13.1. The van der Waals surface area contributed by atoms with Crippen molar-refractivity contribution in [3.63, 3.8) is 0 Å². The van der Waals surface area contributed by atoms with Gasteiger partial charge in [0.25, 0.3) is 5.22 Å². The molecule has 1 aromatic heterocycles. The smallest absolute Gasteiger partial charge is 0.261 e. The molecule has 1 aromatic carbocycles. The average Bonchev–Trinajstić information content (AvgIpc) is 2.70. The van der Waals surface area contributed by atoms with Crippen LogP contribution >= 0.6 is 11.8 Å². The molecule has 3 rings (SSSR count). The van der Waals surface area contributed by atoms with Crippen molar-refractivity contribution in [2.45, 2.75) is 37.3 Å². The first-order chi connectivity index (χ1) is 9.36. The minimum absolute atomic E-state index is 0.637. The molecule has 0 amide bonds. The lowest BCUT2D eigenvalue weighted by Crippen LogP contribution is -1.88. The van der Waals surface area contributed by atoms with Crippen LogP contribution in [0.4, 0.5) is 0 Å². The van der Waals surface area contributed by atoms with Gasteiger partial charge in [-0.05, 0) is 49.6 Å². The Hall–Kier alpha value is -1.55. The van der Waals surface area contributed by atoms with Crippen molar-refractivity contribution in [1.82, 2.24) is 4.98 Å². The van der Waals surface area contributed by atoms with Gasteiger partial charge in [-0.3, -0.25) is 4.79 Å². The van der Waals surface area contributed by atoms with E-state index in [1.165, 1.54) is 18.2 Å². The van der Waals surface area contributed by atoms with Gasteiger partial charge in [0.1, 0.15) is 11.8 Å². The lowest BCUT2D eigenvalue weighted by atomic mass is 10.1. The Morgan fingerprint density at radius 1 is 1.16 bits per heavy atom. The maximum Gasteiger partial charge on any atom is 0.261 e. The van der Waals surface area contributed by atoms with Crippen LogP contribution in [0.25, 0.3) is 11.1 Å². The number of allylic oxidation sites excluding steroid dienone is 2. The van der Waals surface area contributed by atoms with Gasteiger partial charge < -0.3 is 4.42 Å². The topological polar surface area (TPSA) is 43.1 Å². The predicted octanol–water partition coefficient (Wildman–Crippen LogP) is 4.34. The van der Waals surface area contributed by atoms with E-state index in [4.69, 9.17) is 4.42 Å². The number of aromatic nitrogens is 1. The quantitative estimate of drug-likeness (QED) is 0.780. The minimum atomic E-state index is 0.637. The summed E-state index contributed by atoms with van der Waals surface area (Å²) in [6.45, 7) is 0. The van der Waals surface area contributed by atoms with Gasteiger partial charge in [-0.25, -0.2) is 4.98 Å². The predicted molar refractivity (Wildman–Crippen MR) is 76.0 cm³/mol. The number of hydrogen-bond acceptors (Lipinski definition) is 4. The van der Waals surface area contributed by atoms with Crippen molar-refractivity contribution in [1.29, 1.82) is 0 Å². The molecular formula is C15H15NO2S. The number of oxazole rings is 1. The number of thioether (sulfide) groups is 1. The molecule has 0 saturated heterocycles. The number of nitrogens with zero attached hydrogens (tertiary/aromatic N) is 1. The summed E-state index contributed by atoms with van der Waals surface area (Å²) in [5, 5.41) is 0.637. The van der Waals surface area contributed by atoms with E-state index in [-0.39, 0.29) is 0 Å². The molecule has 98 valence electrons. The fourth-order valence-corrected chi connectivity index (χ4v) is 3.33. The van der Waals surface area contributed by atoms with Crippen LogP contribution in [-0.2, 0) is 4.79 Å². The highest BCUT2D eigenvalue weighted by Gasteiger charge is 2.15. The van der Waals surface area contributed by atoms with Gasteiger partial charge in [-0.1, -0.05) is 18.6 Å². The van der Waals surface area contributed by atoms with Crippen LogP contribution in [0.5, 0.6) is 0 Å². The van der Waals surface area contributed by atoms with E-state index in [1.54, 1.807) is 0 Å². The van der Waals surface area contributed by atoms with E-state index < -0.39 is 0 Å². The first-order valence-corrected chi connectivity index (χ1v) is 7.39. The Morgan fingerprint density at radius 3 is 2.84 bits per heavy atom. The van der Waals surface area contributed by atoms with E-state index in [1.807, 2.05) is 24.3 Å². The summed E-state index contributed by atoms with van der Waals surface area (Å²) < 4.78 is 5.71. The zero-order valence-electron chi connectivity index (χ0n) is 10.6. The highest BCUT2D eigenvalue weighted by molar-refractivity contribution is 8.02. The molecule has 0 unspecified atom stereocenters. The summed E-state index contributed by atoms with van der Waals surface area (Å²) in [6, 6.07) is 7.73. The van der Waals surface area contributed by atoms with E-state index in [0.717, 1.165) is 53.5 Å². The van der Waals surface area contributed by atoms with Crippen LogP contribution in [0.2, 0.25) is 0 Å². The van der Waals surface area contributed by atoms with Crippen LogP contribution in [0.1, 0.15) is 32.1 Å². The Balaban J connectivity index is 1.90. The standard InChI is InChI=1S/C15H15NO2S/c17-10-11-6-2-1-3-9-14(11)19-15-16-12-7-4-5-8-13(12)18-15/h4-5,7-8,10H,1-3,6,9H2. The summed E-state index contributed by atoms with van der Waals surface area (Å²) >= 11 is 1.51. The number of para-hydroxylation sites is 2. The average molecular weight is 273 g/mol. The number of aldehydes is 1. The Morgan fingerprint density at radius 2 is 2.00 bits per heavy atom. The van der Waals surface area contributed by atoms with Crippen LogP contribution in [-0.4, -0.2) is 11.3 Å². The zero-order valence-corrected chi connectivity index (χ0v) is 11.4. The van der Waals surface area contributed by atoms with Gasteiger partial charge in [0.2, 0.25) is 0 Å². The molecule has 0 N–H and O–H groups in total. The molecule has 0 bridgehead atoms. The van der Waals surface area contributed by atoms with E-state index in [9.17, 15) is 4.79 Å². The Kier molecular flexibility index (Phi) is 3.69. The fourth-order valence-electron chi connectivity index (χ4n) is 2.32. The molecule has 0 radical (unpaired) electrons. The molecule has 1 aliphatic carbocycles. The molecule has 0 spiro atoms. The van der Waals surface area contributed by atoms with Crippen LogP contribution < -0.4 is 0 Å². The highest BCUT2D eigenvalue weighted by Crippen LogP contribution is 2.36. The lowest BCUT2D eigenvalue weighted by molar-refractivity contribution is -0.105. The third-order valence-corrected chi connectivity index (χ3v) is 4.40. The highest BCUT2D eigenvalue weighted by atomic mass is 32.2. The first kappa shape index (κ1) is 12.5. The third kappa shape index (κ3) is 2.73. The Labute approximate surface area is 116 Å². The SMILES string of the molecule is O=CC1=C(Sc2nc3ccccc3o2)CCCCC1. The monoisotopic (exact) mass is 273 g/mol. The maximum absolute atomic E-state index is 11.2. The van der Waals surface area contributed by atoms with Gasteiger partial charge in [0, 0.05) is 10.5 Å². The largest absolute Gasteiger partial charge is 0.431 e. The number of carbonyl (C=O) groups excluding carboxylic acids is 1. The molecule has 2 aromatic rings. The summed E-state index contributed by atoms with van der Waals surface area (Å²) in [5.41, 5.74) is 2.59. The number of rotatable bonds is 3. The fraction of sp³-hybridized carbons (Fsp3) is 0.333. The minimum Gasteiger partial charge on any atom is -0.431 e. The molecular weight excluding hydrogens is 258 g/mol. The third-order valence-electron chi connectivity index (χ3n) is 3.34. The summed E-state index contributed by atoms with van der Waals surface area (Å²) in [4.78, 5) is 16.7. The number of fused-ring (bicyclic) bond motifs is 1. The molecule has 0 aliphatic heterocycles. The van der Waals surface area contributed by atoms with Gasteiger partial charge in [-0.2, -0.15) is 0 Å². The van der Waals surface area contributed by atoms with E-state index in [0.29, 0.717) is 5.22 Å².